The lowest BCUT2D eigenvalue weighted by Crippen LogP contribution is -2.40. The summed E-state index contributed by atoms with van der Waals surface area (Å²) in [6.45, 7) is 5.59. The third-order valence-electron chi connectivity index (χ3n) is 2.75. The molecule has 7 nitrogen and oxygen atoms in total. The van der Waals surface area contributed by atoms with Crippen LogP contribution in [0.3, 0.4) is 0 Å². The third kappa shape index (κ3) is 6.21. The Balaban J connectivity index is 2.81. The fourth-order valence-electron chi connectivity index (χ4n) is 1.69. The monoisotopic (exact) mass is 321 g/mol. The topological polar surface area (TPSA) is 102 Å². The largest absolute Gasteiger partial charge is 0.480 e. The average Bonchev–Trinajstić information content (AvgIpc) is 2.52. The van der Waals surface area contributed by atoms with E-state index in [0.29, 0.717) is 0 Å². The molecule has 124 valence electrons. The van der Waals surface area contributed by atoms with Crippen LogP contribution in [0.5, 0.6) is 5.75 Å². The number of ether oxygens (including phenoxy) is 2. The van der Waals surface area contributed by atoms with E-state index in [2.05, 4.69) is 11.9 Å². The van der Waals surface area contributed by atoms with Gasteiger partial charge in [-0.05, 0) is 31.2 Å². The normalized spacial score (nSPS) is 11.2. The summed E-state index contributed by atoms with van der Waals surface area (Å²) in [5, 5.41) is 11.4. The molecular weight excluding hydrogens is 302 g/mol. The fraction of sp³-hybridized carbons (Fsp3) is 0.312. The second-order valence-electron chi connectivity index (χ2n) is 4.48. The Kier molecular flexibility index (Phi) is 7.32. The van der Waals surface area contributed by atoms with Gasteiger partial charge in [-0.3, -0.25) is 9.59 Å². The molecule has 1 rings (SSSR count). The van der Waals surface area contributed by atoms with Crippen LogP contribution in [0.25, 0.3) is 0 Å². The highest BCUT2D eigenvalue weighted by Crippen LogP contribution is 2.15. The summed E-state index contributed by atoms with van der Waals surface area (Å²) in [5.74, 6) is -1.84. The highest BCUT2D eigenvalue weighted by atomic mass is 16.5. The highest BCUT2D eigenvalue weighted by molar-refractivity contribution is 5.88. The van der Waals surface area contributed by atoms with Crippen LogP contribution < -0.4 is 10.1 Å². The minimum atomic E-state index is -1.08. The van der Waals surface area contributed by atoms with E-state index in [4.69, 9.17) is 14.6 Å². The minimum Gasteiger partial charge on any atom is -0.480 e. The Morgan fingerprint density at radius 1 is 1.30 bits per heavy atom. The lowest BCUT2D eigenvalue weighted by Gasteiger charge is -2.17. The van der Waals surface area contributed by atoms with Gasteiger partial charge in [0, 0.05) is 6.54 Å². The molecule has 7 heteroatoms. The van der Waals surface area contributed by atoms with Crippen molar-refractivity contribution < 1.29 is 29.0 Å². The van der Waals surface area contributed by atoms with E-state index in [1.165, 1.54) is 30.3 Å². The predicted molar refractivity (Wildman–Crippen MR) is 82.3 cm³/mol. The first-order valence-electron chi connectivity index (χ1n) is 7.02. The number of carbonyl (C=O) groups excluding carboxylic acids is 2. The quantitative estimate of drug-likeness (QED) is 0.526. The van der Waals surface area contributed by atoms with E-state index in [1.54, 1.807) is 6.92 Å². The molecule has 0 spiro atoms. The second-order valence-corrected chi connectivity index (χ2v) is 4.48. The first-order chi connectivity index (χ1) is 11.0. The van der Waals surface area contributed by atoms with Crippen molar-refractivity contribution in [1.29, 1.82) is 0 Å². The Morgan fingerprint density at radius 2 is 1.96 bits per heavy atom. The van der Waals surface area contributed by atoms with Gasteiger partial charge in [-0.25, -0.2) is 4.79 Å². The van der Waals surface area contributed by atoms with Crippen molar-refractivity contribution in [1.82, 2.24) is 5.32 Å². The van der Waals surface area contributed by atoms with Crippen LogP contribution in [-0.4, -0.2) is 42.2 Å². The third-order valence-corrected chi connectivity index (χ3v) is 2.75. The summed E-state index contributed by atoms with van der Waals surface area (Å²) < 4.78 is 10.3. The van der Waals surface area contributed by atoms with Crippen molar-refractivity contribution in [3.63, 3.8) is 0 Å². The van der Waals surface area contributed by atoms with Crippen LogP contribution in [0.15, 0.2) is 36.9 Å². The maximum Gasteiger partial charge on any atom is 0.335 e. The van der Waals surface area contributed by atoms with Crippen LogP contribution >= 0.6 is 0 Å². The molecule has 0 bridgehead atoms. The lowest BCUT2D eigenvalue weighted by atomic mass is 10.2. The number of benzene rings is 1. The summed E-state index contributed by atoms with van der Waals surface area (Å²) in [6.07, 6.45) is 0.169. The van der Waals surface area contributed by atoms with Gasteiger partial charge in [-0.1, -0.05) is 6.08 Å². The number of carbonyl (C=O) groups is 3. The average molecular weight is 321 g/mol. The predicted octanol–water partition coefficient (Wildman–Crippen LogP) is 1.39. The zero-order valence-electron chi connectivity index (χ0n) is 12.8. The van der Waals surface area contributed by atoms with E-state index < -0.39 is 23.9 Å². The van der Waals surface area contributed by atoms with Crippen molar-refractivity contribution in [2.45, 2.75) is 19.4 Å². The molecule has 0 aliphatic heterocycles. The van der Waals surface area contributed by atoms with Crippen LogP contribution in [-0.2, 0) is 14.3 Å². The molecule has 0 heterocycles. The van der Waals surface area contributed by atoms with E-state index >= 15 is 0 Å². The molecular formula is C16H19NO6. The molecule has 0 aliphatic rings. The summed E-state index contributed by atoms with van der Waals surface area (Å²) in [6, 6.07) is 5.53. The van der Waals surface area contributed by atoms with Crippen LogP contribution in [0, 0.1) is 0 Å². The maximum absolute atomic E-state index is 12.0. The Morgan fingerprint density at radius 3 is 2.48 bits per heavy atom. The number of rotatable bonds is 9. The van der Waals surface area contributed by atoms with E-state index in [1.807, 2.05) is 0 Å². The fourth-order valence-corrected chi connectivity index (χ4v) is 1.69. The number of nitrogens with one attached hydrogen (secondary N) is 1. The van der Waals surface area contributed by atoms with Gasteiger partial charge in [0.1, 0.15) is 5.75 Å². The minimum absolute atomic E-state index is 0.0930. The Bertz CT molecular complexity index is 566. The number of esters is 1. The van der Waals surface area contributed by atoms with Gasteiger partial charge in [0.25, 0.3) is 5.91 Å². The summed E-state index contributed by atoms with van der Waals surface area (Å²) in [5.41, 5.74) is 0.0930. The molecule has 23 heavy (non-hydrogen) atoms. The van der Waals surface area contributed by atoms with Crippen molar-refractivity contribution in [3.05, 3.63) is 42.5 Å². The van der Waals surface area contributed by atoms with Crippen molar-refractivity contribution in [2.75, 3.05) is 13.2 Å². The molecule has 1 aromatic rings. The summed E-state index contributed by atoms with van der Waals surface area (Å²) >= 11 is 0. The van der Waals surface area contributed by atoms with Crippen molar-refractivity contribution in [2.24, 2.45) is 0 Å². The SMILES string of the molecule is C=CCNC(=O)C(CC(=O)OCC)Oc1ccc(C(=O)O)cc1. The van der Waals surface area contributed by atoms with Gasteiger partial charge < -0.3 is 19.9 Å². The molecule has 2 N–H and O–H groups in total. The van der Waals surface area contributed by atoms with E-state index in [9.17, 15) is 14.4 Å². The van der Waals surface area contributed by atoms with Gasteiger partial charge in [0.05, 0.1) is 18.6 Å². The molecule has 0 fully saturated rings. The van der Waals surface area contributed by atoms with Gasteiger partial charge in [-0.15, -0.1) is 6.58 Å². The van der Waals surface area contributed by atoms with Crippen LogP contribution in [0.1, 0.15) is 23.7 Å². The number of hydrogen-bond acceptors (Lipinski definition) is 5. The Labute approximate surface area is 133 Å². The first-order valence-corrected chi connectivity index (χ1v) is 7.02. The van der Waals surface area contributed by atoms with E-state index in [-0.39, 0.29) is 30.9 Å². The zero-order valence-corrected chi connectivity index (χ0v) is 12.8. The zero-order chi connectivity index (χ0) is 17.2. The Hall–Kier alpha value is -2.83. The van der Waals surface area contributed by atoms with Gasteiger partial charge in [-0.2, -0.15) is 0 Å². The second kappa shape index (κ2) is 9.24. The smallest absolute Gasteiger partial charge is 0.335 e. The molecule has 0 saturated heterocycles. The highest BCUT2D eigenvalue weighted by Gasteiger charge is 2.24. The van der Waals surface area contributed by atoms with Crippen LogP contribution in [0.4, 0.5) is 0 Å². The number of hydrogen-bond donors (Lipinski definition) is 2. The molecule has 0 aliphatic carbocycles. The standard InChI is InChI=1S/C16H19NO6/c1-3-9-17-15(19)13(10-14(18)22-4-2)23-12-7-5-11(6-8-12)16(20)21/h3,5-8,13H,1,4,9-10H2,2H3,(H,17,19)(H,20,21). The van der Waals surface area contributed by atoms with Gasteiger partial charge in [0.15, 0.2) is 6.10 Å². The molecule has 0 radical (unpaired) electrons. The molecule has 1 unspecified atom stereocenters. The molecule has 1 amide bonds. The number of aromatic carboxylic acids is 1. The van der Waals surface area contributed by atoms with Gasteiger partial charge >= 0.3 is 11.9 Å². The first kappa shape index (κ1) is 18.2. The molecule has 0 aromatic heterocycles. The maximum atomic E-state index is 12.0. The molecule has 1 atom stereocenters. The number of carboxylic acids is 1. The van der Waals surface area contributed by atoms with Crippen LogP contribution in [0.2, 0.25) is 0 Å². The lowest BCUT2D eigenvalue weighted by molar-refractivity contribution is -0.147. The number of amides is 1. The molecule has 0 saturated carbocycles. The van der Waals surface area contributed by atoms with Crippen molar-refractivity contribution >= 4 is 17.8 Å². The molecule has 1 aromatic carbocycles. The van der Waals surface area contributed by atoms with Crippen molar-refractivity contribution in [3.8, 4) is 5.75 Å². The number of carboxylic acid groups (broad SMARTS) is 1. The van der Waals surface area contributed by atoms with Gasteiger partial charge in [0.2, 0.25) is 0 Å². The summed E-state index contributed by atoms with van der Waals surface area (Å²) in [4.78, 5) is 34.4. The summed E-state index contributed by atoms with van der Waals surface area (Å²) in [7, 11) is 0. The van der Waals surface area contributed by atoms with E-state index in [0.717, 1.165) is 0 Å².